The second kappa shape index (κ2) is 5.23. The Kier molecular flexibility index (Phi) is 3.42. The van der Waals surface area contributed by atoms with E-state index in [4.69, 9.17) is 0 Å². The van der Waals surface area contributed by atoms with Crippen molar-refractivity contribution in [3.05, 3.63) is 23.9 Å². The summed E-state index contributed by atoms with van der Waals surface area (Å²) < 4.78 is 0. The molecule has 1 saturated carbocycles. The van der Waals surface area contributed by atoms with Crippen LogP contribution in [0.2, 0.25) is 0 Å². The number of carbonyl (C=O) groups is 2. The van der Waals surface area contributed by atoms with Crippen LogP contribution in [0.15, 0.2) is 18.3 Å². The predicted molar refractivity (Wildman–Crippen MR) is 75.0 cm³/mol. The molecule has 2 amide bonds. The number of rotatable bonds is 4. The molecule has 1 N–H and O–H groups in total. The van der Waals surface area contributed by atoms with Crippen molar-refractivity contribution >= 4 is 17.6 Å². The maximum atomic E-state index is 12.2. The summed E-state index contributed by atoms with van der Waals surface area (Å²) >= 11 is 0. The molecule has 20 heavy (non-hydrogen) atoms. The molecule has 1 aliphatic carbocycles. The molecular weight excluding hydrogens is 254 g/mol. The largest absolute Gasteiger partial charge is 0.342 e. The summed E-state index contributed by atoms with van der Waals surface area (Å²) in [4.78, 5) is 30.1. The fraction of sp³-hybridized carbons (Fsp3) is 0.533. The lowest BCUT2D eigenvalue weighted by Crippen LogP contribution is -2.30. The molecule has 2 heterocycles. The molecule has 1 atom stereocenters. The van der Waals surface area contributed by atoms with Crippen molar-refractivity contribution in [2.45, 2.75) is 26.2 Å². The van der Waals surface area contributed by atoms with Crippen molar-refractivity contribution in [1.82, 2.24) is 9.88 Å². The molecular formula is C15H19N3O2. The lowest BCUT2D eigenvalue weighted by Gasteiger charge is -2.16. The standard InChI is InChI=1S/C15H19N3O2/c1-10-3-2-6-16-14(10)17-15(20)12-7-13(19)18(9-12)8-11-4-5-11/h2-3,6,11-12H,4-5,7-9H2,1H3,(H,16,17,20). The smallest absolute Gasteiger partial charge is 0.230 e. The Bertz CT molecular complexity index is 540. The van der Waals surface area contributed by atoms with Gasteiger partial charge in [0, 0.05) is 25.7 Å². The monoisotopic (exact) mass is 273 g/mol. The van der Waals surface area contributed by atoms with E-state index in [1.54, 1.807) is 6.20 Å². The maximum Gasteiger partial charge on any atom is 0.230 e. The second-order valence-corrected chi connectivity index (χ2v) is 5.80. The van der Waals surface area contributed by atoms with Gasteiger partial charge in [0.05, 0.1) is 5.92 Å². The number of anilines is 1. The molecule has 1 aromatic rings. The Morgan fingerprint density at radius 1 is 1.50 bits per heavy atom. The minimum Gasteiger partial charge on any atom is -0.342 e. The number of hydrogen-bond acceptors (Lipinski definition) is 3. The lowest BCUT2D eigenvalue weighted by atomic mass is 10.1. The molecule has 1 aliphatic heterocycles. The highest BCUT2D eigenvalue weighted by Crippen LogP contribution is 2.32. The first-order chi connectivity index (χ1) is 9.63. The number of amides is 2. The quantitative estimate of drug-likeness (QED) is 0.906. The molecule has 0 spiro atoms. The Morgan fingerprint density at radius 2 is 2.30 bits per heavy atom. The third kappa shape index (κ3) is 2.81. The van der Waals surface area contributed by atoms with Crippen LogP contribution in [0.3, 0.4) is 0 Å². The van der Waals surface area contributed by atoms with Gasteiger partial charge in [0.2, 0.25) is 11.8 Å². The van der Waals surface area contributed by atoms with Crippen LogP contribution in [0.4, 0.5) is 5.82 Å². The minimum atomic E-state index is -0.248. The summed E-state index contributed by atoms with van der Waals surface area (Å²) in [5.74, 6) is 1.01. The van der Waals surface area contributed by atoms with Gasteiger partial charge in [-0.25, -0.2) is 4.98 Å². The third-order valence-corrected chi connectivity index (χ3v) is 4.01. The zero-order valence-electron chi connectivity index (χ0n) is 11.6. The van der Waals surface area contributed by atoms with Gasteiger partial charge >= 0.3 is 0 Å². The Balaban J connectivity index is 1.60. The summed E-state index contributed by atoms with van der Waals surface area (Å²) in [5, 5.41) is 2.83. The van der Waals surface area contributed by atoms with E-state index in [9.17, 15) is 9.59 Å². The predicted octanol–water partition coefficient (Wildman–Crippen LogP) is 1.59. The van der Waals surface area contributed by atoms with Crippen LogP contribution in [-0.2, 0) is 9.59 Å². The summed E-state index contributed by atoms with van der Waals surface area (Å²) in [5.41, 5.74) is 0.931. The van der Waals surface area contributed by atoms with Crippen molar-refractivity contribution in [1.29, 1.82) is 0 Å². The number of hydrogen-bond donors (Lipinski definition) is 1. The van der Waals surface area contributed by atoms with Gasteiger partial charge in [-0.15, -0.1) is 0 Å². The normalized spacial score (nSPS) is 22.1. The Labute approximate surface area is 118 Å². The molecule has 0 aromatic carbocycles. The van der Waals surface area contributed by atoms with E-state index in [1.807, 2.05) is 24.0 Å². The van der Waals surface area contributed by atoms with Crippen LogP contribution >= 0.6 is 0 Å². The first-order valence-electron chi connectivity index (χ1n) is 7.13. The molecule has 1 aromatic heterocycles. The second-order valence-electron chi connectivity index (χ2n) is 5.80. The molecule has 1 unspecified atom stereocenters. The fourth-order valence-corrected chi connectivity index (χ4v) is 2.57. The average Bonchev–Trinajstić information content (AvgIpc) is 3.16. The fourth-order valence-electron chi connectivity index (χ4n) is 2.57. The van der Waals surface area contributed by atoms with E-state index in [2.05, 4.69) is 10.3 Å². The van der Waals surface area contributed by atoms with E-state index in [0.29, 0.717) is 24.7 Å². The number of pyridine rings is 1. The highest BCUT2D eigenvalue weighted by Gasteiger charge is 2.37. The molecule has 0 radical (unpaired) electrons. The number of aromatic nitrogens is 1. The number of aryl methyl sites for hydroxylation is 1. The van der Waals surface area contributed by atoms with Crippen molar-refractivity contribution < 1.29 is 9.59 Å². The Morgan fingerprint density at radius 3 is 3.00 bits per heavy atom. The molecule has 106 valence electrons. The van der Waals surface area contributed by atoms with Crippen LogP contribution in [0.1, 0.15) is 24.8 Å². The molecule has 5 heteroatoms. The van der Waals surface area contributed by atoms with Crippen LogP contribution in [0, 0.1) is 18.8 Å². The number of carbonyl (C=O) groups excluding carboxylic acids is 2. The molecule has 1 saturated heterocycles. The van der Waals surface area contributed by atoms with E-state index >= 15 is 0 Å². The molecule has 2 aliphatic rings. The van der Waals surface area contributed by atoms with Crippen molar-refractivity contribution in [3.63, 3.8) is 0 Å². The first-order valence-corrected chi connectivity index (χ1v) is 7.13. The molecule has 0 bridgehead atoms. The highest BCUT2D eigenvalue weighted by molar-refractivity contribution is 5.97. The SMILES string of the molecule is Cc1cccnc1NC(=O)C1CC(=O)N(CC2CC2)C1. The van der Waals surface area contributed by atoms with Gasteiger partial charge in [0.25, 0.3) is 0 Å². The lowest BCUT2D eigenvalue weighted by molar-refractivity contribution is -0.128. The molecule has 5 nitrogen and oxygen atoms in total. The summed E-state index contributed by atoms with van der Waals surface area (Å²) in [6.45, 7) is 3.28. The summed E-state index contributed by atoms with van der Waals surface area (Å²) in [6, 6.07) is 3.74. The number of nitrogens with one attached hydrogen (secondary N) is 1. The maximum absolute atomic E-state index is 12.2. The van der Waals surface area contributed by atoms with Crippen LogP contribution in [-0.4, -0.2) is 34.8 Å². The summed E-state index contributed by atoms with van der Waals surface area (Å²) in [7, 11) is 0. The van der Waals surface area contributed by atoms with Crippen LogP contribution in [0.5, 0.6) is 0 Å². The Hall–Kier alpha value is -1.91. The molecule has 2 fully saturated rings. The van der Waals surface area contributed by atoms with E-state index in [1.165, 1.54) is 12.8 Å². The zero-order valence-corrected chi connectivity index (χ0v) is 11.6. The van der Waals surface area contributed by atoms with Gasteiger partial charge in [-0.2, -0.15) is 0 Å². The molecule has 3 rings (SSSR count). The van der Waals surface area contributed by atoms with Gasteiger partial charge < -0.3 is 10.2 Å². The van der Waals surface area contributed by atoms with E-state index in [-0.39, 0.29) is 17.7 Å². The van der Waals surface area contributed by atoms with E-state index < -0.39 is 0 Å². The highest BCUT2D eigenvalue weighted by atomic mass is 16.2. The number of likely N-dealkylation sites (tertiary alicyclic amines) is 1. The van der Waals surface area contributed by atoms with Crippen molar-refractivity contribution in [3.8, 4) is 0 Å². The van der Waals surface area contributed by atoms with Crippen molar-refractivity contribution in [2.75, 3.05) is 18.4 Å². The van der Waals surface area contributed by atoms with Crippen molar-refractivity contribution in [2.24, 2.45) is 11.8 Å². The first kappa shape index (κ1) is 13.1. The number of nitrogens with zero attached hydrogens (tertiary/aromatic N) is 2. The third-order valence-electron chi connectivity index (χ3n) is 4.01. The topological polar surface area (TPSA) is 62.3 Å². The summed E-state index contributed by atoms with van der Waals surface area (Å²) in [6.07, 6.45) is 4.41. The minimum absolute atomic E-state index is 0.0987. The van der Waals surface area contributed by atoms with Gasteiger partial charge in [-0.1, -0.05) is 6.07 Å². The van der Waals surface area contributed by atoms with Gasteiger partial charge in [0.15, 0.2) is 0 Å². The van der Waals surface area contributed by atoms with Crippen LogP contribution in [0.25, 0.3) is 0 Å². The zero-order chi connectivity index (χ0) is 14.1. The van der Waals surface area contributed by atoms with Gasteiger partial charge in [0.1, 0.15) is 5.82 Å². The van der Waals surface area contributed by atoms with E-state index in [0.717, 1.165) is 12.1 Å². The van der Waals surface area contributed by atoms with Gasteiger partial charge in [-0.05, 0) is 37.3 Å². The average molecular weight is 273 g/mol. The van der Waals surface area contributed by atoms with Crippen LogP contribution < -0.4 is 5.32 Å². The van der Waals surface area contributed by atoms with Gasteiger partial charge in [-0.3, -0.25) is 9.59 Å².